The van der Waals surface area contributed by atoms with Crippen LogP contribution in [-0.2, 0) is 16.1 Å². The second kappa shape index (κ2) is 12.4. The first-order chi connectivity index (χ1) is 19.3. The van der Waals surface area contributed by atoms with Gasteiger partial charge in [0, 0.05) is 44.7 Å². The molecule has 2 aromatic carbocycles. The number of nitrogens with zero attached hydrogens (tertiary/aromatic N) is 2. The highest BCUT2D eigenvalue weighted by Crippen LogP contribution is 2.36. The molecule has 216 valence electrons. The average Bonchev–Trinajstić information content (AvgIpc) is 3.43. The Bertz CT molecular complexity index is 1220. The molecule has 0 aliphatic carbocycles. The molecule has 1 fully saturated rings. The van der Waals surface area contributed by atoms with Gasteiger partial charge in [0.05, 0.1) is 23.9 Å². The van der Waals surface area contributed by atoms with Crippen molar-refractivity contribution in [3.8, 4) is 17.2 Å². The highest BCUT2D eigenvalue weighted by atomic mass is 16.7. The Morgan fingerprint density at radius 2 is 1.95 bits per heavy atom. The largest absolute Gasteiger partial charge is 0.486 e. The molecule has 10 nitrogen and oxygen atoms in total. The lowest BCUT2D eigenvalue weighted by atomic mass is 9.98. The lowest BCUT2D eigenvalue weighted by Gasteiger charge is -2.38. The SMILES string of the molecule is C[C@H]1CN([C@@H](C)CO)C(=O)c2cccc(NC(=O)C3CCOCC3)c2O[C@@H]1CN(C)Cc1ccc2c(c1)OCO2. The molecule has 3 aliphatic rings. The van der Waals surface area contributed by atoms with Gasteiger partial charge in [0.15, 0.2) is 17.2 Å². The number of benzene rings is 2. The predicted octanol–water partition coefficient (Wildman–Crippen LogP) is 3.13. The van der Waals surface area contributed by atoms with E-state index in [0.717, 1.165) is 17.1 Å². The number of anilines is 1. The van der Waals surface area contributed by atoms with Gasteiger partial charge in [-0.25, -0.2) is 0 Å². The van der Waals surface area contributed by atoms with Crippen molar-refractivity contribution in [3.63, 3.8) is 0 Å². The molecule has 0 saturated carbocycles. The fourth-order valence-corrected chi connectivity index (χ4v) is 5.48. The monoisotopic (exact) mass is 553 g/mol. The van der Waals surface area contributed by atoms with Crippen molar-refractivity contribution in [2.45, 2.75) is 45.4 Å². The van der Waals surface area contributed by atoms with Crippen LogP contribution < -0.4 is 19.5 Å². The third-order valence-corrected chi connectivity index (χ3v) is 7.92. The maximum absolute atomic E-state index is 13.7. The number of para-hydroxylation sites is 1. The number of carbonyl (C=O) groups is 2. The van der Waals surface area contributed by atoms with Gasteiger partial charge in [0.1, 0.15) is 6.10 Å². The normalized spacial score (nSPS) is 21.8. The van der Waals surface area contributed by atoms with E-state index in [-0.39, 0.29) is 49.2 Å². The minimum Gasteiger partial charge on any atom is -0.486 e. The zero-order chi connectivity index (χ0) is 28.2. The Kier molecular flexibility index (Phi) is 8.78. The molecule has 0 spiro atoms. The summed E-state index contributed by atoms with van der Waals surface area (Å²) < 4.78 is 23.0. The molecule has 0 aromatic heterocycles. The smallest absolute Gasteiger partial charge is 0.258 e. The minimum atomic E-state index is -0.367. The third kappa shape index (κ3) is 6.19. The zero-order valence-electron chi connectivity index (χ0n) is 23.4. The summed E-state index contributed by atoms with van der Waals surface area (Å²) in [5.41, 5.74) is 1.94. The Morgan fingerprint density at radius 1 is 1.18 bits per heavy atom. The number of hydrogen-bond donors (Lipinski definition) is 2. The van der Waals surface area contributed by atoms with Crippen molar-refractivity contribution in [2.24, 2.45) is 11.8 Å². The van der Waals surface area contributed by atoms with Crippen LogP contribution in [0, 0.1) is 11.8 Å². The number of carbonyl (C=O) groups excluding carboxylic acids is 2. The molecule has 0 bridgehead atoms. The van der Waals surface area contributed by atoms with E-state index in [1.807, 2.05) is 32.2 Å². The maximum Gasteiger partial charge on any atom is 0.258 e. The van der Waals surface area contributed by atoms with Crippen LogP contribution >= 0.6 is 0 Å². The second-order valence-corrected chi connectivity index (χ2v) is 11.1. The summed E-state index contributed by atoms with van der Waals surface area (Å²) in [5, 5.41) is 13.0. The molecule has 40 heavy (non-hydrogen) atoms. The van der Waals surface area contributed by atoms with Gasteiger partial charge in [-0.05, 0) is 56.6 Å². The Morgan fingerprint density at radius 3 is 2.73 bits per heavy atom. The van der Waals surface area contributed by atoms with Crippen LogP contribution in [0.1, 0.15) is 42.6 Å². The summed E-state index contributed by atoms with van der Waals surface area (Å²) in [6.07, 6.45) is 1.03. The molecule has 1 saturated heterocycles. The summed E-state index contributed by atoms with van der Waals surface area (Å²) in [7, 11) is 2.03. The van der Waals surface area contributed by atoms with Gasteiger partial charge in [0.25, 0.3) is 5.91 Å². The third-order valence-electron chi connectivity index (χ3n) is 7.92. The number of hydrogen-bond acceptors (Lipinski definition) is 8. The molecule has 3 atom stereocenters. The molecule has 3 heterocycles. The van der Waals surface area contributed by atoms with Gasteiger partial charge < -0.3 is 34.3 Å². The summed E-state index contributed by atoms with van der Waals surface area (Å²) in [6, 6.07) is 10.8. The molecule has 2 aromatic rings. The van der Waals surface area contributed by atoms with Crippen molar-refractivity contribution in [1.82, 2.24) is 9.80 Å². The number of fused-ring (bicyclic) bond motifs is 2. The van der Waals surface area contributed by atoms with Gasteiger partial charge in [0.2, 0.25) is 12.7 Å². The summed E-state index contributed by atoms with van der Waals surface area (Å²) >= 11 is 0. The van der Waals surface area contributed by atoms with E-state index < -0.39 is 0 Å². The van der Waals surface area contributed by atoms with Gasteiger partial charge in [-0.1, -0.05) is 19.1 Å². The van der Waals surface area contributed by atoms with Gasteiger partial charge >= 0.3 is 0 Å². The van der Waals surface area contributed by atoms with E-state index >= 15 is 0 Å². The van der Waals surface area contributed by atoms with E-state index in [2.05, 4.69) is 17.1 Å². The van der Waals surface area contributed by atoms with Crippen LogP contribution in [-0.4, -0.2) is 85.6 Å². The van der Waals surface area contributed by atoms with Crippen molar-refractivity contribution < 1.29 is 33.6 Å². The second-order valence-electron chi connectivity index (χ2n) is 11.1. The van der Waals surface area contributed by atoms with Crippen LogP contribution in [0.2, 0.25) is 0 Å². The number of amides is 2. The molecule has 3 aliphatic heterocycles. The van der Waals surface area contributed by atoms with Crippen LogP contribution in [0.4, 0.5) is 5.69 Å². The quantitative estimate of drug-likeness (QED) is 0.513. The fourth-order valence-electron chi connectivity index (χ4n) is 5.48. The number of aliphatic hydroxyl groups excluding tert-OH is 1. The first-order valence-corrected chi connectivity index (χ1v) is 14.0. The van der Waals surface area contributed by atoms with Crippen LogP contribution in [0.25, 0.3) is 0 Å². The van der Waals surface area contributed by atoms with Crippen molar-refractivity contribution >= 4 is 17.5 Å². The van der Waals surface area contributed by atoms with Crippen LogP contribution in [0.15, 0.2) is 36.4 Å². The van der Waals surface area contributed by atoms with E-state index in [4.69, 9.17) is 18.9 Å². The summed E-state index contributed by atoms with van der Waals surface area (Å²) in [6.45, 7) is 6.76. The Hall–Kier alpha value is -3.34. The molecular weight excluding hydrogens is 514 g/mol. The topological polar surface area (TPSA) is 110 Å². The lowest BCUT2D eigenvalue weighted by Crippen LogP contribution is -2.49. The van der Waals surface area contributed by atoms with Gasteiger partial charge in [-0.2, -0.15) is 0 Å². The Labute approximate surface area is 235 Å². The molecule has 2 N–H and O–H groups in total. The van der Waals surface area contributed by atoms with Gasteiger partial charge in [-0.3, -0.25) is 14.5 Å². The maximum atomic E-state index is 13.7. The summed E-state index contributed by atoms with van der Waals surface area (Å²) in [5.74, 6) is 1.34. The standard InChI is InChI=1S/C30H39N3O7/c1-19-14-33(20(2)17-34)30(36)23-5-4-6-24(31-29(35)22-9-11-37-12-10-22)28(23)40-27(19)16-32(3)15-21-7-8-25-26(13-21)39-18-38-25/h4-8,13,19-20,22,27,34H,9-12,14-18H2,1-3H3,(H,31,35)/t19-,20-,27+/m0/s1. The first-order valence-electron chi connectivity index (χ1n) is 14.0. The number of nitrogens with one attached hydrogen (secondary N) is 1. The highest BCUT2D eigenvalue weighted by Gasteiger charge is 2.35. The summed E-state index contributed by atoms with van der Waals surface area (Å²) in [4.78, 5) is 30.7. The van der Waals surface area contributed by atoms with E-state index in [0.29, 0.717) is 62.7 Å². The number of aliphatic hydroxyl groups is 1. The average molecular weight is 554 g/mol. The van der Waals surface area contributed by atoms with Crippen molar-refractivity contribution in [1.29, 1.82) is 0 Å². The van der Waals surface area contributed by atoms with Gasteiger partial charge in [-0.15, -0.1) is 0 Å². The number of likely N-dealkylation sites (N-methyl/N-ethyl adjacent to an activating group) is 1. The zero-order valence-corrected chi connectivity index (χ0v) is 23.4. The molecular formula is C30H39N3O7. The van der Waals surface area contributed by atoms with E-state index in [1.54, 1.807) is 23.1 Å². The molecule has 2 amide bonds. The van der Waals surface area contributed by atoms with E-state index in [1.165, 1.54) is 0 Å². The highest BCUT2D eigenvalue weighted by molar-refractivity contribution is 6.02. The van der Waals surface area contributed by atoms with E-state index in [9.17, 15) is 14.7 Å². The molecule has 0 unspecified atom stereocenters. The first kappa shape index (κ1) is 28.2. The number of ether oxygens (including phenoxy) is 4. The van der Waals surface area contributed by atoms with Crippen LogP contribution in [0.5, 0.6) is 17.2 Å². The molecule has 10 heteroatoms. The number of rotatable bonds is 8. The molecule has 0 radical (unpaired) electrons. The lowest BCUT2D eigenvalue weighted by molar-refractivity contribution is -0.122. The van der Waals surface area contributed by atoms with Crippen molar-refractivity contribution in [2.75, 3.05) is 52.1 Å². The minimum absolute atomic E-state index is 0.0513. The molecule has 5 rings (SSSR count). The van der Waals surface area contributed by atoms with Crippen molar-refractivity contribution in [3.05, 3.63) is 47.5 Å². The fraction of sp³-hybridized carbons (Fsp3) is 0.533. The Balaban J connectivity index is 1.40. The van der Waals surface area contributed by atoms with Crippen LogP contribution in [0.3, 0.4) is 0 Å². The predicted molar refractivity (Wildman–Crippen MR) is 149 cm³/mol.